The molecule has 1 saturated heterocycles. The molecule has 1 atom stereocenters. The van der Waals surface area contributed by atoms with Gasteiger partial charge in [-0.05, 0) is 35.4 Å². The maximum Gasteiger partial charge on any atom is 0.327 e. The first-order chi connectivity index (χ1) is 13.4. The van der Waals surface area contributed by atoms with Crippen molar-refractivity contribution in [1.82, 2.24) is 10.2 Å². The van der Waals surface area contributed by atoms with E-state index < -0.39 is 30.0 Å². The summed E-state index contributed by atoms with van der Waals surface area (Å²) in [4.78, 5) is 36.4. The zero-order valence-corrected chi connectivity index (χ0v) is 15.4. The molecule has 0 bridgehead atoms. The lowest BCUT2D eigenvalue weighted by atomic mass is 9.97. The summed E-state index contributed by atoms with van der Waals surface area (Å²) >= 11 is 0. The second-order valence-corrected chi connectivity index (χ2v) is 6.26. The van der Waals surface area contributed by atoms with Gasteiger partial charge in [-0.25, -0.2) is 14.5 Å². The molecule has 0 spiro atoms. The van der Waals surface area contributed by atoms with E-state index in [0.29, 0.717) is 22.6 Å². The van der Waals surface area contributed by atoms with E-state index in [9.17, 15) is 14.4 Å². The fraction of sp³-hybridized carbons (Fsp3) is 0.250. The lowest BCUT2D eigenvalue weighted by Crippen LogP contribution is -2.62. The number of urea groups is 1. The monoisotopic (exact) mass is 384 g/mol. The normalized spacial score (nSPS) is 15.8. The molecule has 0 saturated carbocycles. The fourth-order valence-corrected chi connectivity index (χ4v) is 3.06. The molecule has 0 aliphatic carbocycles. The standard InChI is InChI=1S/C20H20N2O6/c1-27-14-7-3-5-12(9-14)18(13-6-4-8-15(10-13)28-2)21-20(26)22-16(19(24)25)11-17(22)23/h3-10,16,18H,11H2,1-2H3,(H,21,26)(H,24,25). The topological polar surface area (TPSA) is 105 Å². The second-order valence-electron chi connectivity index (χ2n) is 6.26. The minimum Gasteiger partial charge on any atom is -0.497 e. The maximum absolute atomic E-state index is 12.7. The smallest absolute Gasteiger partial charge is 0.327 e. The Morgan fingerprint density at radius 1 is 1.07 bits per heavy atom. The van der Waals surface area contributed by atoms with E-state index in [4.69, 9.17) is 14.6 Å². The second kappa shape index (κ2) is 7.99. The number of likely N-dealkylation sites (tertiary alicyclic amines) is 1. The number of β-lactam (4-membered cyclic amide) rings is 1. The number of imide groups is 1. The molecule has 1 aliphatic heterocycles. The maximum atomic E-state index is 12.7. The molecule has 8 heteroatoms. The molecule has 1 unspecified atom stereocenters. The van der Waals surface area contributed by atoms with Gasteiger partial charge in [-0.3, -0.25) is 4.79 Å². The van der Waals surface area contributed by atoms with Crippen LogP contribution in [0.1, 0.15) is 23.6 Å². The predicted molar refractivity (Wildman–Crippen MR) is 99.2 cm³/mol. The number of ether oxygens (including phenoxy) is 2. The van der Waals surface area contributed by atoms with Crippen molar-refractivity contribution < 1.29 is 29.0 Å². The van der Waals surface area contributed by atoms with Crippen LogP contribution in [0.2, 0.25) is 0 Å². The average Bonchev–Trinajstić information content (AvgIpc) is 2.69. The molecule has 0 radical (unpaired) electrons. The summed E-state index contributed by atoms with van der Waals surface area (Å²) in [5, 5.41) is 11.9. The Hall–Kier alpha value is -3.55. The third kappa shape index (κ3) is 3.75. The number of carbonyl (C=O) groups is 3. The van der Waals surface area contributed by atoms with Gasteiger partial charge in [-0.15, -0.1) is 0 Å². The molecule has 146 valence electrons. The van der Waals surface area contributed by atoms with Gasteiger partial charge >= 0.3 is 12.0 Å². The lowest BCUT2D eigenvalue weighted by molar-refractivity contribution is -0.157. The van der Waals surface area contributed by atoms with Crippen LogP contribution in [0.15, 0.2) is 48.5 Å². The van der Waals surface area contributed by atoms with E-state index >= 15 is 0 Å². The van der Waals surface area contributed by atoms with Crippen LogP contribution in [0.3, 0.4) is 0 Å². The molecule has 2 aromatic carbocycles. The molecule has 28 heavy (non-hydrogen) atoms. The summed E-state index contributed by atoms with van der Waals surface area (Å²) in [7, 11) is 3.07. The molecule has 3 rings (SSSR count). The largest absolute Gasteiger partial charge is 0.497 e. The van der Waals surface area contributed by atoms with Gasteiger partial charge in [-0.2, -0.15) is 0 Å². The number of nitrogens with zero attached hydrogens (tertiary/aromatic N) is 1. The summed E-state index contributed by atoms with van der Waals surface area (Å²) in [5.41, 5.74) is 1.42. The number of carboxylic acids is 1. The number of nitrogens with one attached hydrogen (secondary N) is 1. The molecular weight excluding hydrogens is 364 g/mol. The van der Waals surface area contributed by atoms with Crippen LogP contribution >= 0.6 is 0 Å². The Labute approximate surface area is 161 Å². The summed E-state index contributed by atoms with van der Waals surface area (Å²) in [6.45, 7) is 0. The van der Waals surface area contributed by atoms with Gasteiger partial charge < -0.3 is 19.9 Å². The number of benzene rings is 2. The van der Waals surface area contributed by atoms with Crippen molar-refractivity contribution in [1.29, 1.82) is 0 Å². The molecule has 2 aromatic rings. The van der Waals surface area contributed by atoms with Crippen LogP contribution in [0, 0.1) is 0 Å². The van der Waals surface area contributed by atoms with E-state index in [1.54, 1.807) is 48.5 Å². The van der Waals surface area contributed by atoms with Crippen LogP contribution in [-0.2, 0) is 9.59 Å². The highest BCUT2D eigenvalue weighted by Crippen LogP contribution is 2.29. The minimum absolute atomic E-state index is 0.189. The number of aliphatic carboxylic acids is 1. The first-order valence-electron chi connectivity index (χ1n) is 8.58. The third-order valence-electron chi connectivity index (χ3n) is 4.57. The van der Waals surface area contributed by atoms with Crippen LogP contribution in [0.25, 0.3) is 0 Å². The minimum atomic E-state index is -1.21. The molecule has 0 aromatic heterocycles. The highest BCUT2D eigenvalue weighted by atomic mass is 16.5. The van der Waals surface area contributed by atoms with Gasteiger partial charge in [0.15, 0.2) is 0 Å². The zero-order valence-electron chi connectivity index (χ0n) is 15.4. The van der Waals surface area contributed by atoms with Crippen LogP contribution < -0.4 is 14.8 Å². The van der Waals surface area contributed by atoms with Crippen molar-refractivity contribution in [2.24, 2.45) is 0 Å². The number of hydrogen-bond donors (Lipinski definition) is 2. The van der Waals surface area contributed by atoms with Crippen LogP contribution in [-0.4, -0.2) is 48.2 Å². The first-order valence-corrected chi connectivity index (χ1v) is 8.58. The van der Waals surface area contributed by atoms with Crippen molar-refractivity contribution >= 4 is 17.9 Å². The Bertz CT molecular complexity index is 866. The molecule has 1 aliphatic rings. The van der Waals surface area contributed by atoms with Gasteiger partial charge in [0.1, 0.15) is 17.5 Å². The Morgan fingerprint density at radius 3 is 2.04 bits per heavy atom. The Morgan fingerprint density at radius 2 is 1.61 bits per heavy atom. The van der Waals surface area contributed by atoms with E-state index in [2.05, 4.69) is 5.32 Å². The average molecular weight is 384 g/mol. The molecule has 3 amide bonds. The summed E-state index contributed by atoms with van der Waals surface area (Å²) in [5.74, 6) is -0.542. The van der Waals surface area contributed by atoms with Crippen LogP contribution in [0.4, 0.5) is 4.79 Å². The number of hydrogen-bond acceptors (Lipinski definition) is 5. The highest BCUT2D eigenvalue weighted by Gasteiger charge is 2.46. The summed E-state index contributed by atoms with van der Waals surface area (Å²) in [6, 6.07) is 11.7. The highest BCUT2D eigenvalue weighted by molar-refractivity contribution is 6.06. The van der Waals surface area contributed by atoms with Crippen LogP contribution in [0.5, 0.6) is 11.5 Å². The number of carbonyl (C=O) groups excluding carboxylic acids is 2. The van der Waals surface area contributed by atoms with E-state index in [1.807, 2.05) is 0 Å². The molecule has 1 fully saturated rings. The third-order valence-corrected chi connectivity index (χ3v) is 4.57. The van der Waals surface area contributed by atoms with Crippen molar-refractivity contribution in [3.63, 3.8) is 0 Å². The van der Waals surface area contributed by atoms with Crippen molar-refractivity contribution in [3.8, 4) is 11.5 Å². The number of rotatable bonds is 6. The van der Waals surface area contributed by atoms with Gasteiger partial charge in [0.2, 0.25) is 5.91 Å². The molecule has 2 N–H and O–H groups in total. The number of amides is 3. The lowest BCUT2D eigenvalue weighted by Gasteiger charge is -2.36. The first kappa shape index (κ1) is 19.2. The number of methoxy groups -OCH3 is 2. The SMILES string of the molecule is COc1cccc(C(NC(=O)N2C(=O)CC2C(=O)O)c2cccc(OC)c2)c1. The van der Waals surface area contributed by atoms with Gasteiger partial charge in [0, 0.05) is 0 Å². The summed E-state index contributed by atoms with van der Waals surface area (Å²) < 4.78 is 10.5. The Balaban J connectivity index is 1.95. The molecule has 8 nitrogen and oxygen atoms in total. The van der Waals surface area contributed by atoms with Gasteiger partial charge in [-0.1, -0.05) is 24.3 Å². The quantitative estimate of drug-likeness (QED) is 0.740. The fourth-order valence-electron chi connectivity index (χ4n) is 3.06. The van der Waals surface area contributed by atoms with Gasteiger partial charge in [0.05, 0.1) is 26.7 Å². The van der Waals surface area contributed by atoms with Crippen molar-refractivity contribution in [2.75, 3.05) is 14.2 Å². The molecular formula is C20H20N2O6. The van der Waals surface area contributed by atoms with E-state index in [1.165, 1.54) is 14.2 Å². The number of carboxylic acid groups (broad SMARTS) is 1. The zero-order chi connectivity index (χ0) is 20.3. The van der Waals surface area contributed by atoms with Crippen molar-refractivity contribution in [3.05, 3.63) is 59.7 Å². The van der Waals surface area contributed by atoms with E-state index in [0.717, 1.165) is 4.90 Å². The molecule has 1 heterocycles. The predicted octanol–water partition coefficient (Wildman–Crippen LogP) is 2.19. The van der Waals surface area contributed by atoms with Gasteiger partial charge in [0.25, 0.3) is 0 Å². The van der Waals surface area contributed by atoms with Crippen molar-refractivity contribution in [2.45, 2.75) is 18.5 Å². The Kier molecular flexibility index (Phi) is 5.49. The summed E-state index contributed by atoms with van der Waals surface area (Å²) in [6.07, 6.45) is -0.189. The van der Waals surface area contributed by atoms with E-state index in [-0.39, 0.29) is 6.42 Å².